The van der Waals surface area contributed by atoms with Crippen molar-refractivity contribution in [2.45, 2.75) is 57.3 Å². The summed E-state index contributed by atoms with van der Waals surface area (Å²) < 4.78 is 5.38. The van der Waals surface area contributed by atoms with E-state index in [0.29, 0.717) is 37.8 Å². The third-order valence-electron chi connectivity index (χ3n) is 3.94. The lowest BCUT2D eigenvalue weighted by atomic mass is 10.1. The lowest BCUT2D eigenvalue weighted by molar-refractivity contribution is -0.133. The molecule has 0 N–H and O–H groups in total. The molecule has 0 aromatic rings. The molecule has 0 saturated carbocycles. The first-order valence-corrected chi connectivity index (χ1v) is 10.9. The molecular formula is C17H28N2O3S2. The minimum Gasteiger partial charge on any atom is -0.444 e. The Morgan fingerprint density at radius 1 is 1.12 bits per heavy atom. The fourth-order valence-corrected chi connectivity index (χ4v) is 4.90. The smallest absolute Gasteiger partial charge is 0.410 e. The topological polar surface area (TPSA) is 49.9 Å². The molecular weight excluding hydrogens is 344 g/mol. The molecule has 1 unspecified atom stereocenters. The second-order valence-corrected chi connectivity index (χ2v) is 9.57. The van der Waals surface area contributed by atoms with Crippen molar-refractivity contribution in [1.82, 2.24) is 9.80 Å². The second-order valence-electron chi connectivity index (χ2n) is 7.15. The predicted octanol–water partition coefficient (Wildman–Crippen LogP) is 3.90. The highest BCUT2D eigenvalue weighted by atomic mass is 33.1. The van der Waals surface area contributed by atoms with E-state index in [0.717, 1.165) is 19.3 Å². The average molecular weight is 373 g/mol. The highest BCUT2D eigenvalue weighted by Crippen LogP contribution is 2.37. The van der Waals surface area contributed by atoms with Crippen LogP contribution in [0.5, 0.6) is 0 Å². The molecule has 0 aromatic heterocycles. The van der Waals surface area contributed by atoms with E-state index in [1.165, 1.54) is 0 Å². The number of hydrogen-bond acceptors (Lipinski definition) is 5. The summed E-state index contributed by atoms with van der Waals surface area (Å²) in [5.41, 5.74) is -0.477. The Bertz CT molecular complexity index is 469. The number of hydrogen-bond donors (Lipinski definition) is 0. The zero-order valence-corrected chi connectivity index (χ0v) is 16.5. The summed E-state index contributed by atoms with van der Waals surface area (Å²) >= 11 is 0. The van der Waals surface area contributed by atoms with Gasteiger partial charge in [-0.15, -0.1) is 0 Å². The third kappa shape index (κ3) is 6.59. The van der Waals surface area contributed by atoms with Crippen LogP contribution in [-0.2, 0) is 9.53 Å². The molecule has 0 aliphatic carbocycles. The molecule has 1 saturated heterocycles. The van der Waals surface area contributed by atoms with E-state index in [9.17, 15) is 9.59 Å². The second kappa shape index (κ2) is 9.04. The van der Waals surface area contributed by atoms with E-state index >= 15 is 0 Å². The number of amides is 2. The zero-order valence-electron chi connectivity index (χ0n) is 14.8. The number of unbranched alkanes of at least 4 members (excludes halogenated alkanes) is 1. The van der Waals surface area contributed by atoms with Crippen molar-refractivity contribution in [3.8, 4) is 0 Å². The number of nitrogens with zero attached hydrogens (tertiary/aromatic N) is 2. The molecule has 0 radical (unpaired) electrons. The van der Waals surface area contributed by atoms with Crippen LogP contribution in [0.1, 0.15) is 46.5 Å². The number of carbonyl (C=O) groups is 2. The minimum absolute atomic E-state index is 0.211. The van der Waals surface area contributed by atoms with Crippen molar-refractivity contribution in [3.63, 3.8) is 0 Å². The number of ether oxygens (including phenoxy) is 1. The van der Waals surface area contributed by atoms with E-state index in [2.05, 4.69) is 11.5 Å². The molecule has 1 fully saturated rings. The third-order valence-corrected chi connectivity index (χ3v) is 6.37. The normalized spacial score (nSPS) is 21.2. The van der Waals surface area contributed by atoms with Gasteiger partial charge in [0, 0.05) is 37.8 Å². The molecule has 2 rings (SSSR count). The number of rotatable bonds is 5. The van der Waals surface area contributed by atoms with Crippen molar-refractivity contribution in [1.29, 1.82) is 0 Å². The highest BCUT2D eigenvalue weighted by Gasteiger charge is 2.27. The SMILES string of the molecule is CC(C)(C)OC(=O)N1CCN(C(=O)CCCCC2C=CSS2)CC1. The minimum atomic E-state index is -0.477. The van der Waals surface area contributed by atoms with Crippen LogP contribution in [0.3, 0.4) is 0 Å². The summed E-state index contributed by atoms with van der Waals surface area (Å²) in [6, 6.07) is 0. The van der Waals surface area contributed by atoms with Crippen LogP contribution < -0.4 is 0 Å². The molecule has 5 nitrogen and oxygen atoms in total. The van der Waals surface area contributed by atoms with E-state index < -0.39 is 5.60 Å². The van der Waals surface area contributed by atoms with Gasteiger partial charge in [0.05, 0.1) is 0 Å². The Morgan fingerprint density at radius 2 is 1.79 bits per heavy atom. The summed E-state index contributed by atoms with van der Waals surface area (Å²) in [5.74, 6) is 0.211. The maximum atomic E-state index is 12.3. The molecule has 24 heavy (non-hydrogen) atoms. The fraction of sp³-hybridized carbons (Fsp3) is 0.765. The van der Waals surface area contributed by atoms with Gasteiger partial charge < -0.3 is 14.5 Å². The van der Waals surface area contributed by atoms with E-state index in [-0.39, 0.29) is 12.0 Å². The lowest BCUT2D eigenvalue weighted by Crippen LogP contribution is -2.51. The Hall–Kier alpha value is -0.820. The summed E-state index contributed by atoms with van der Waals surface area (Å²) in [4.78, 5) is 27.9. The summed E-state index contributed by atoms with van der Waals surface area (Å²) in [6.07, 6.45) is 5.75. The van der Waals surface area contributed by atoms with Crippen LogP contribution in [0.25, 0.3) is 0 Å². The van der Waals surface area contributed by atoms with Gasteiger partial charge in [0.25, 0.3) is 0 Å². The van der Waals surface area contributed by atoms with Gasteiger partial charge in [-0.3, -0.25) is 4.79 Å². The van der Waals surface area contributed by atoms with Gasteiger partial charge in [0.15, 0.2) is 0 Å². The van der Waals surface area contributed by atoms with Crippen LogP contribution in [0, 0.1) is 0 Å². The van der Waals surface area contributed by atoms with Gasteiger partial charge >= 0.3 is 6.09 Å². The number of carbonyl (C=O) groups excluding carboxylic acids is 2. The van der Waals surface area contributed by atoms with Crippen molar-refractivity contribution >= 4 is 33.6 Å². The summed E-state index contributed by atoms with van der Waals surface area (Å²) in [5, 5.41) is 2.76. The summed E-state index contributed by atoms with van der Waals surface area (Å²) in [6.45, 7) is 7.92. The van der Waals surface area contributed by atoms with Gasteiger partial charge in [-0.1, -0.05) is 34.1 Å². The van der Waals surface area contributed by atoms with Crippen molar-refractivity contribution in [2.75, 3.05) is 26.2 Å². The van der Waals surface area contributed by atoms with E-state index in [1.807, 2.05) is 36.5 Å². The molecule has 0 spiro atoms. The van der Waals surface area contributed by atoms with Crippen molar-refractivity contribution in [3.05, 3.63) is 11.5 Å². The quantitative estimate of drug-likeness (QED) is 0.541. The number of piperazine rings is 1. The molecule has 2 aliphatic rings. The van der Waals surface area contributed by atoms with Crippen LogP contribution in [-0.4, -0.2) is 58.8 Å². The molecule has 2 aliphatic heterocycles. The van der Waals surface area contributed by atoms with E-state index in [4.69, 9.17) is 4.74 Å². The van der Waals surface area contributed by atoms with Gasteiger partial charge in [0.1, 0.15) is 5.60 Å². The standard InChI is InChI=1S/C17H28N2O3S2/c1-17(2,3)22-16(21)19-11-9-18(10-12-19)15(20)7-5-4-6-14-8-13-23-24-14/h8,13-14H,4-7,9-12H2,1-3H3. The monoisotopic (exact) mass is 372 g/mol. The molecule has 0 bridgehead atoms. The Kier molecular flexibility index (Phi) is 7.34. The van der Waals surface area contributed by atoms with Crippen LogP contribution >= 0.6 is 21.6 Å². The van der Waals surface area contributed by atoms with Crippen molar-refractivity contribution in [2.24, 2.45) is 0 Å². The Labute approximate surface area is 152 Å². The lowest BCUT2D eigenvalue weighted by Gasteiger charge is -2.35. The fourth-order valence-electron chi connectivity index (χ4n) is 2.64. The summed E-state index contributed by atoms with van der Waals surface area (Å²) in [7, 11) is 3.69. The molecule has 7 heteroatoms. The van der Waals surface area contributed by atoms with Gasteiger partial charge in [0.2, 0.25) is 5.91 Å². The first kappa shape index (κ1) is 19.5. The van der Waals surface area contributed by atoms with Crippen molar-refractivity contribution < 1.29 is 14.3 Å². The highest BCUT2D eigenvalue weighted by molar-refractivity contribution is 8.78. The predicted molar refractivity (Wildman–Crippen MR) is 101 cm³/mol. The largest absolute Gasteiger partial charge is 0.444 e. The maximum Gasteiger partial charge on any atom is 0.410 e. The van der Waals surface area contributed by atoms with Crippen LogP contribution in [0.2, 0.25) is 0 Å². The first-order chi connectivity index (χ1) is 11.3. The maximum absolute atomic E-state index is 12.3. The average Bonchev–Trinajstić information content (AvgIpc) is 3.03. The molecule has 136 valence electrons. The Morgan fingerprint density at radius 3 is 2.38 bits per heavy atom. The first-order valence-electron chi connectivity index (χ1n) is 8.60. The van der Waals surface area contributed by atoms with Gasteiger partial charge in [-0.05, 0) is 39.0 Å². The van der Waals surface area contributed by atoms with Crippen LogP contribution in [0.15, 0.2) is 11.5 Å². The zero-order chi connectivity index (χ0) is 17.6. The molecule has 0 aromatic carbocycles. The van der Waals surface area contributed by atoms with Gasteiger partial charge in [-0.2, -0.15) is 0 Å². The van der Waals surface area contributed by atoms with Gasteiger partial charge in [-0.25, -0.2) is 4.79 Å². The molecule has 2 amide bonds. The molecule has 1 atom stereocenters. The Balaban J connectivity index is 1.61. The van der Waals surface area contributed by atoms with Crippen LogP contribution in [0.4, 0.5) is 4.79 Å². The van der Waals surface area contributed by atoms with E-state index in [1.54, 1.807) is 15.7 Å². The molecule has 2 heterocycles.